The number of carbonyl (C=O) groups excluding carboxylic acids is 1. The number of ether oxygens (including phenoxy) is 1. The van der Waals surface area contributed by atoms with E-state index in [1.807, 2.05) is 18.2 Å². The molecule has 0 spiro atoms. The summed E-state index contributed by atoms with van der Waals surface area (Å²) in [6.07, 6.45) is 5.69. The SMILES string of the molecule is CCc1ccc(OCCCn2c(CCCCCNC(=O)c3ccc(F)cc3)nc3ccccc32)cc1. The van der Waals surface area contributed by atoms with Crippen LogP contribution < -0.4 is 10.1 Å². The molecule has 0 saturated heterocycles. The van der Waals surface area contributed by atoms with Crippen molar-refractivity contribution < 1.29 is 13.9 Å². The van der Waals surface area contributed by atoms with E-state index in [9.17, 15) is 9.18 Å². The number of nitrogens with one attached hydrogen (secondary N) is 1. The molecule has 4 aromatic rings. The van der Waals surface area contributed by atoms with E-state index in [-0.39, 0.29) is 11.7 Å². The third kappa shape index (κ3) is 6.94. The molecule has 0 atom stereocenters. The molecule has 0 saturated carbocycles. The summed E-state index contributed by atoms with van der Waals surface area (Å²) in [6.45, 7) is 4.27. The monoisotopic (exact) mass is 487 g/mol. The topological polar surface area (TPSA) is 56.1 Å². The third-order valence-electron chi connectivity index (χ3n) is 6.33. The fourth-order valence-corrected chi connectivity index (χ4v) is 4.29. The molecule has 0 aliphatic heterocycles. The first-order valence-electron chi connectivity index (χ1n) is 12.8. The zero-order chi connectivity index (χ0) is 25.2. The lowest BCUT2D eigenvalue weighted by molar-refractivity contribution is 0.0953. The molecule has 0 radical (unpaired) electrons. The molecule has 36 heavy (non-hydrogen) atoms. The van der Waals surface area contributed by atoms with Gasteiger partial charge in [-0.25, -0.2) is 9.37 Å². The second kappa shape index (κ2) is 12.9. The number of imidazole rings is 1. The van der Waals surface area contributed by atoms with Crippen LogP contribution in [-0.4, -0.2) is 28.6 Å². The Hall–Kier alpha value is -3.67. The first-order valence-corrected chi connectivity index (χ1v) is 12.8. The molecule has 1 heterocycles. The predicted octanol–water partition coefficient (Wildman–Crippen LogP) is 6.35. The van der Waals surface area contributed by atoms with E-state index in [1.54, 1.807) is 0 Å². The Balaban J connectivity index is 1.23. The van der Waals surface area contributed by atoms with Crippen LogP contribution in [0.5, 0.6) is 5.75 Å². The minimum Gasteiger partial charge on any atom is -0.494 e. The van der Waals surface area contributed by atoms with Crippen molar-refractivity contribution in [3.63, 3.8) is 0 Å². The number of fused-ring (bicyclic) bond motifs is 1. The summed E-state index contributed by atoms with van der Waals surface area (Å²) in [7, 11) is 0. The minimum absolute atomic E-state index is 0.166. The maximum absolute atomic E-state index is 13.0. The average molecular weight is 488 g/mol. The smallest absolute Gasteiger partial charge is 0.251 e. The molecule has 0 unspecified atom stereocenters. The van der Waals surface area contributed by atoms with Gasteiger partial charge in [0, 0.05) is 25.1 Å². The van der Waals surface area contributed by atoms with Crippen molar-refractivity contribution in [3.05, 3.63) is 95.6 Å². The highest BCUT2D eigenvalue weighted by Crippen LogP contribution is 2.19. The van der Waals surface area contributed by atoms with Gasteiger partial charge < -0.3 is 14.6 Å². The number of aryl methyl sites for hydroxylation is 3. The highest BCUT2D eigenvalue weighted by molar-refractivity contribution is 5.94. The number of unbranched alkanes of at least 4 members (excludes halogenated alkanes) is 2. The maximum Gasteiger partial charge on any atom is 0.251 e. The number of para-hydroxylation sites is 2. The fraction of sp³-hybridized carbons (Fsp3) is 0.333. The van der Waals surface area contributed by atoms with Gasteiger partial charge in [0.25, 0.3) is 5.91 Å². The Labute approximate surface area is 212 Å². The number of amides is 1. The van der Waals surface area contributed by atoms with Crippen LogP contribution in [-0.2, 0) is 19.4 Å². The Morgan fingerprint density at radius 3 is 2.50 bits per heavy atom. The summed E-state index contributed by atoms with van der Waals surface area (Å²) >= 11 is 0. The van der Waals surface area contributed by atoms with Crippen LogP contribution in [0.15, 0.2) is 72.8 Å². The van der Waals surface area contributed by atoms with Crippen LogP contribution >= 0.6 is 0 Å². The number of aromatic nitrogens is 2. The molecule has 1 amide bonds. The highest BCUT2D eigenvalue weighted by Gasteiger charge is 2.10. The average Bonchev–Trinajstić information content (AvgIpc) is 3.26. The lowest BCUT2D eigenvalue weighted by Crippen LogP contribution is -2.24. The van der Waals surface area contributed by atoms with Crippen molar-refractivity contribution in [2.24, 2.45) is 0 Å². The van der Waals surface area contributed by atoms with Crippen LogP contribution in [0.3, 0.4) is 0 Å². The molecule has 4 rings (SSSR count). The van der Waals surface area contributed by atoms with Crippen LogP contribution in [0.2, 0.25) is 0 Å². The number of carbonyl (C=O) groups is 1. The van der Waals surface area contributed by atoms with Gasteiger partial charge in [-0.1, -0.05) is 37.6 Å². The first kappa shape index (κ1) is 25.4. The van der Waals surface area contributed by atoms with Crippen molar-refractivity contribution >= 4 is 16.9 Å². The molecule has 0 bridgehead atoms. The largest absolute Gasteiger partial charge is 0.494 e. The number of rotatable bonds is 13. The minimum atomic E-state index is -0.341. The molecule has 6 heteroatoms. The van der Waals surface area contributed by atoms with E-state index in [2.05, 4.69) is 47.1 Å². The highest BCUT2D eigenvalue weighted by atomic mass is 19.1. The van der Waals surface area contributed by atoms with Crippen LogP contribution in [0, 0.1) is 5.82 Å². The number of hydrogen-bond donors (Lipinski definition) is 1. The summed E-state index contributed by atoms with van der Waals surface area (Å²) in [5.41, 5.74) is 3.97. The molecule has 0 aliphatic carbocycles. The normalized spacial score (nSPS) is 11.1. The molecular formula is C30H34FN3O2. The second-order valence-corrected chi connectivity index (χ2v) is 8.94. The molecule has 3 aromatic carbocycles. The predicted molar refractivity (Wildman–Crippen MR) is 142 cm³/mol. The Bertz CT molecular complexity index is 1250. The lowest BCUT2D eigenvalue weighted by Gasteiger charge is -2.11. The van der Waals surface area contributed by atoms with Crippen molar-refractivity contribution in [2.75, 3.05) is 13.2 Å². The number of nitrogens with zero attached hydrogens (tertiary/aromatic N) is 2. The number of benzene rings is 3. The van der Waals surface area contributed by atoms with Gasteiger partial charge in [0.1, 0.15) is 17.4 Å². The summed E-state index contributed by atoms with van der Waals surface area (Å²) in [6, 6.07) is 22.2. The Kier molecular flexibility index (Phi) is 9.09. The van der Waals surface area contributed by atoms with Crippen molar-refractivity contribution in [1.29, 1.82) is 0 Å². The zero-order valence-corrected chi connectivity index (χ0v) is 20.9. The molecule has 0 fully saturated rings. The van der Waals surface area contributed by atoms with Gasteiger partial charge in [-0.3, -0.25) is 4.79 Å². The number of halogens is 1. The van der Waals surface area contributed by atoms with Gasteiger partial charge in [-0.2, -0.15) is 0 Å². The standard InChI is InChI=1S/C30H34FN3O2/c1-2-23-12-18-26(19-13-23)36-22-8-21-34-28-10-6-5-9-27(28)33-29(34)11-4-3-7-20-32-30(35)24-14-16-25(31)17-15-24/h5-6,9-10,12-19H,2-4,7-8,11,20-22H2,1H3,(H,32,35). The van der Waals surface area contributed by atoms with Crippen molar-refractivity contribution in [3.8, 4) is 5.75 Å². The number of hydrogen-bond acceptors (Lipinski definition) is 3. The molecule has 1 N–H and O–H groups in total. The molecule has 5 nitrogen and oxygen atoms in total. The van der Waals surface area contributed by atoms with Crippen LogP contribution in [0.4, 0.5) is 4.39 Å². The maximum atomic E-state index is 13.0. The summed E-state index contributed by atoms with van der Waals surface area (Å²) in [5.74, 6) is 1.50. The lowest BCUT2D eigenvalue weighted by atomic mass is 10.1. The summed E-state index contributed by atoms with van der Waals surface area (Å²) < 4.78 is 21.3. The van der Waals surface area contributed by atoms with E-state index < -0.39 is 0 Å². The molecular weight excluding hydrogens is 453 g/mol. The van der Waals surface area contributed by atoms with E-state index >= 15 is 0 Å². The van der Waals surface area contributed by atoms with Crippen molar-refractivity contribution in [2.45, 2.75) is 52.0 Å². The fourth-order valence-electron chi connectivity index (χ4n) is 4.29. The van der Waals surface area contributed by atoms with E-state index in [4.69, 9.17) is 9.72 Å². The molecule has 1 aromatic heterocycles. The van der Waals surface area contributed by atoms with Gasteiger partial charge in [-0.05, 0) is 79.8 Å². The van der Waals surface area contributed by atoms with Crippen LogP contribution in [0.1, 0.15) is 54.4 Å². The van der Waals surface area contributed by atoms with Gasteiger partial charge in [0.05, 0.1) is 17.6 Å². The van der Waals surface area contributed by atoms with Gasteiger partial charge in [0.2, 0.25) is 0 Å². The van der Waals surface area contributed by atoms with Gasteiger partial charge in [0.15, 0.2) is 0 Å². The summed E-state index contributed by atoms with van der Waals surface area (Å²) in [5, 5.41) is 2.91. The molecule has 188 valence electrons. The zero-order valence-electron chi connectivity index (χ0n) is 20.9. The quantitative estimate of drug-likeness (QED) is 0.224. The Morgan fingerprint density at radius 1 is 0.944 bits per heavy atom. The van der Waals surface area contributed by atoms with Gasteiger partial charge in [-0.15, -0.1) is 0 Å². The van der Waals surface area contributed by atoms with E-state index in [0.29, 0.717) is 18.7 Å². The van der Waals surface area contributed by atoms with E-state index in [0.717, 1.165) is 67.7 Å². The Morgan fingerprint density at radius 2 is 1.72 bits per heavy atom. The van der Waals surface area contributed by atoms with Crippen molar-refractivity contribution in [1.82, 2.24) is 14.9 Å². The van der Waals surface area contributed by atoms with E-state index in [1.165, 1.54) is 29.8 Å². The summed E-state index contributed by atoms with van der Waals surface area (Å²) in [4.78, 5) is 17.0. The van der Waals surface area contributed by atoms with Crippen LogP contribution in [0.25, 0.3) is 11.0 Å². The second-order valence-electron chi connectivity index (χ2n) is 8.94. The first-order chi connectivity index (χ1) is 17.6. The molecule has 0 aliphatic rings. The van der Waals surface area contributed by atoms with Gasteiger partial charge >= 0.3 is 0 Å². The third-order valence-corrected chi connectivity index (χ3v) is 6.33.